The lowest BCUT2D eigenvalue weighted by atomic mass is 9.77. The highest BCUT2D eigenvalue weighted by atomic mass is 14.8. The number of rotatable bonds is 3. The van der Waals surface area contributed by atoms with Crippen molar-refractivity contribution in [3.8, 4) is 55.8 Å². The molecule has 7 aromatic carbocycles. The Morgan fingerprint density at radius 2 is 1.09 bits per heavy atom. The molecule has 0 saturated heterocycles. The Balaban J connectivity index is 1.03. The molecule has 2 nitrogen and oxygen atoms in total. The zero-order chi connectivity index (χ0) is 36.3. The van der Waals surface area contributed by atoms with Gasteiger partial charge in [0.05, 0.1) is 16.7 Å². The van der Waals surface area contributed by atoms with Crippen LogP contribution in [0.1, 0.15) is 49.9 Å². The third-order valence-electron chi connectivity index (χ3n) is 12.5. The number of nitrogens with zero attached hydrogens (tertiary/aromatic N) is 2. The van der Waals surface area contributed by atoms with E-state index in [1.54, 1.807) is 0 Å². The minimum Gasteiger partial charge on any atom is -0.253 e. The molecule has 0 N–H and O–H groups in total. The van der Waals surface area contributed by atoms with E-state index in [4.69, 9.17) is 9.97 Å². The van der Waals surface area contributed by atoms with Gasteiger partial charge in [0.2, 0.25) is 0 Å². The molecular formula is C52H38N2. The van der Waals surface area contributed by atoms with Crippen LogP contribution in [0.25, 0.3) is 88.3 Å². The quantitative estimate of drug-likeness (QED) is 0.172. The molecule has 0 fully saturated rings. The summed E-state index contributed by atoms with van der Waals surface area (Å²) in [4.78, 5) is 10.3. The summed E-state index contributed by atoms with van der Waals surface area (Å²) >= 11 is 0. The van der Waals surface area contributed by atoms with Crippen LogP contribution in [0.15, 0.2) is 158 Å². The summed E-state index contributed by atoms with van der Waals surface area (Å²) in [6.45, 7) is 9.60. The molecule has 0 aliphatic heterocycles. The first-order chi connectivity index (χ1) is 26.3. The molecule has 2 aliphatic carbocycles. The molecule has 2 aliphatic rings. The highest BCUT2D eigenvalue weighted by molar-refractivity contribution is 6.08. The fraction of sp³-hybridized carbons (Fsp3) is 0.115. The van der Waals surface area contributed by atoms with Crippen LogP contribution in [0.2, 0.25) is 0 Å². The first kappa shape index (κ1) is 31.2. The van der Waals surface area contributed by atoms with E-state index >= 15 is 0 Å². The van der Waals surface area contributed by atoms with Gasteiger partial charge in [0.25, 0.3) is 0 Å². The van der Waals surface area contributed by atoms with Crippen molar-refractivity contribution in [1.82, 2.24) is 9.97 Å². The van der Waals surface area contributed by atoms with Gasteiger partial charge in [-0.2, -0.15) is 0 Å². The van der Waals surface area contributed by atoms with Crippen LogP contribution in [0.5, 0.6) is 0 Å². The average Bonchev–Trinajstić information content (AvgIpc) is 3.59. The summed E-state index contributed by atoms with van der Waals surface area (Å²) in [6, 6.07) is 55.6. The molecule has 0 saturated carbocycles. The Hall–Kier alpha value is -6.38. The molecule has 11 rings (SSSR count). The second-order valence-electron chi connectivity index (χ2n) is 16.2. The van der Waals surface area contributed by atoms with Crippen LogP contribution in [-0.2, 0) is 10.8 Å². The number of hydrogen-bond donors (Lipinski definition) is 0. The van der Waals surface area contributed by atoms with Gasteiger partial charge in [-0.15, -0.1) is 0 Å². The second-order valence-corrected chi connectivity index (χ2v) is 16.2. The zero-order valence-electron chi connectivity index (χ0n) is 30.9. The van der Waals surface area contributed by atoms with Gasteiger partial charge < -0.3 is 0 Å². The van der Waals surface area contributed by atoms with Crippen LogP contribution in [-0.4, -0.2) is 9.97 Å². The summed E-state index contributed by atoms with van der Waals surface area (Å²) in [7, 11) is 0. The van der Waals surface area contributed by atoms with Gasteiger partial charge >= 0.3 is 0 Å². The third-order valence-corrected chi connectivity index (χ3v) is 12.5. The largest absolute Gasteiger partial charge is 0.253 e. The van der Waals surface area contributed by atoms with Gasteiger partial charge in [-0.3, -0.25) is 4.98 Å². The Labute approximate surface area is 315 Å². The van der Waals surface area contributed by atoms with E-state index in [1.807, 2.05) is 12.3 Å². The van der Waals surface area contributed by atoms with E-state index in [9.17, 15) is 0 Å². The SMILES string of the molecule is CC1(C)c2cc(-c3ccc(-c4ccc5ccc6cc(-c7ccccc7)cnc6c5n4)c4ccccc34)ccc2-c2c1ccc1c2C(C)(C)c2ccccc2-1. The lowest BCUT2D eigenvalue weighted by Gasteiger charge is -2.26. The zero-order valence-corrected chi connectivity index (χ0v) is 30.9. The molecule has 2 heteroatoms. The van der Waals surface area contributed by atoms with Crippen molar-refractivity contribution in [2.75, 3.05) is 0 Å². The summed E-state index contributed by atoms with van der Waals surface area (Å²) in [5.74, 6) is 0. The first-order valence-corrected chi connectivity index (χ1v) is 19.0. The van der Waals surface area contributed by atoms with Gasteiger partial charge in [-0.1, -0.05) is 161 Å². The molecule has 0 unspecified atom stereocenters. The molecular weight excluding hydrogens is 653 g/mol. The summed E-state index contributed by atoms with van der Waals surface area (Å²) in [6.07, 6.45) is 1.97. The molecule has 0 amide bonds. The molecule has 54 heavy (non-hydrogen) atoms. The average molecular weight is 691 g/mol. The minimum atomic E-state index is -0.121. The van der Waals surface area contributed by atoms with Crippen molar-refractivity contribution in [3.05, 3.63) is 180 Å². The third kappa shape index (κ3) is 4.28. The number of benzene rings is 7. The lowest BCUT2D eigenvalue weighted by Crippen LogP contribution is -2.18. The van der Waals surface area contributed by atoms with E-state index in [0.717, 1.165) is 44.2 Å². The number of aromatic nitrogens is 2. The van der Waals surface area contributed by atoms with Gasteiger partial charge in [0, 0.05) is 38.9 Å². The summed E-state index contributed by atoms with van der Waals surface area (Å²) in [5, 5.41) is 4.60. The minimum absolute atomic E-state index is 0.0656. The van der Waals surface area contributed by atoms with Crippen LogP contribution < -0.4 is 0 Å². The highest BCUT2D eigenvalue weighted by Crippen LogP contribution is 2.59. The number of hydrogen-bond acceptors (Lipinski definition) is 2. The molecule has 0 atom stereocenters. The van der Waals surface area contributed by atoms with Gasteiger partial charge in [0.1, 0.15) is 0 Å². The maximum absolute atomic E-state index is 5.31. The van der Waals surface area contributed by atoms with Crippen LogP contribution >= 0.6 is 0 Å². The fourth-order valence-corrected chi connectivity index (χ4v) is 9.76. The van der Waals surface area contributed by atoms with Crippen LogP contribution in [0.3, 0.4) is 0 Å². The predicted octanol–water partition coefficient (Wildman–Crippen LogP) is 13.5. The van der Waals surface area contributed by atoms with Gasteiger partial charge in [0.15, 0.2) is 0 Å². The van der Waals surface area contributed by atoms with Crippen molar-refractivity contribution >= 4 is 32.6 Å². The number of fused-ring (bicyclic) bond motifs is 11. The Morgan fingerprint density at radius 1 is 0.407 bits per heavy atom. The van der Waals surface area contributed by atoms with Crippen molar-refractivity contribution < 1.29 is 0 Å². The maximum atomic E-state index is 5.31. The molecule has 9 aromatic rings. The lowest BCUT2D eigenvalue weighted by molar-refractivity contribution is 0.647. The Morgan fingerprint density at radius 3 is 1.94 bits per heavy atom. The smallest absolute Gasteiger partial charge is 0.0972 e. The van der Waals surface area contributed by atoms with Crippen molar-refractivity contribution in [1.29, 1.82) is 0 Å². The van der Waals surface area contributed by atoms with E-state index in [0.29, 0.717) is 0 Å². The highest BCUT2D eigenvalue weighted by Gasteiger charge is 2.44. The van der Waals surface area contributed by atoms with Gasteiger partial charge in [-0.05, 0) is 90.2 Å². The predicted molar refractivity (Wildman–Crippen MR) is 226 cm³/mol. The van der Waals surface area contributed by atoms with E-state index < -0.39 is 0 Å². The fourth-order valence-electron chi connectivity index (χ4n) is 9.76. The molecule has 0 spiro atoms. The number of pyridine rings is 2. The molecule has 0 bridgehead atoms. The topological polar surface area (TPSA) is 25.8 Å². The van der Waals surface area contributed by atoms with Crippen LogP contribution in [0, 0.1) is 0 Å². The molecule has 2 heterocycles. The normalized spacial score (nSPS) is 14.6. The van der Waals surface area contributed by atoms with Crippen molar-refractivity contribution in [2.24, 2.45) is 0 Å². The van der Waals surface area contributed by atoms with E-state index in [1.165, 1.54) is 66.4 Å². The molecule has 2 aromatic heterocycles. The first-order valence-electron chi connectivity index (χ1n) is 19.0. The van der Waals surface area contributed by atoms with Crippen molar-refractivity contribution in [2.45, 2.75) is 38.5 Å². The second kappa shape index (κ2) is 11.1. The van der Waals surface area contributed by atoms with Gasteiger partial charge in [-0.25, -0.2) is 4.98 Å². The monoisotopic (exact) mass is 690 g/mol. The molecule has 0 radical (unpaired) electrons. The van der Waals surface area contributed by atoms with Crippen LogP contribution in [0.4, 0.5) is 0 Å². The Kier molecular flexibility index (Phi) is 6.39. The molecule has 256 valence electrons. The summed E-state index contributed by atoms with van der Waals surface area (Å²) < 4.78 is 0. The maximum Gasteiger partial charge on any atom is 0.0972 e. The Bertz CT molecular complexity index is 3040. The standard InChI is InChI=1S/C52H38N2/c1-51(2)44-26-25-41-39-16-10-11-17-43(39)52(3,4)48(41)47(44)42-22-20-33(29-45(42)51)36-23-24-40(38-15-9-8-14-37(36)38)46-27-21-32-18-19-34-28-35(31-12-6-5-7-13-31)30-53-49(34)50(32)54-46/h5-30H,1-4H3. The van der Waals surface area contributed by atoms with E-state index in [-0.39, 0.29) is 10.8 Å². The van der Waals surface area contributed by atoms with E-state index in [2.05, 4.69) is 173 Å². The summed E-state index contributed by atoms with van der Waals surface area (Å²) in [5.41, 5.74) is 19.8. The van der Waals surface area contributed by atoms with Crippen molar-refractivity contribution in [3.63, 3.8) is 0 Å².